The number of ether oxygens (including phenoxy) is 1. The lowest BCUT2D eigenvalue weighted by Gasteiger charge is -2.12. The molecule has 0 bridgehead atoms. The molecular formula is C15H18F4O2. The number of halogens is 4. The van der Waals surface area contributed by atoms with Gasteiger partial charge in [-0.1, -0.05) is 32.6 Å². The summed E-state index contributed by atoms with van der Waals surface area (Å²) in [7, 11) is 0. The Bertz CT molecular complexity index is 469. The van der Waals surface area contributed by atoms with Crippen molar-refractivity contribution in [3.63, 3.8) is 0 Å². The Morgan fingerprint density at radius 3 is 2.43 bits per heavy atom. The van der Waals surface area contributed by atoms with Gasteiger partial charge in [-0.2, -0.15) is 13.2 Å². The van der Waals surface area contributed by atoms with E-state index in [-0.39, 0.29) is 6.61 Å². The predicted molar refractivity (Wildman–Crippen MR) is 70.4 cm³/mol. The van der Waals surface area contributed by atoms with Crippen molar-refractivity contribution in [2.45, 2.75) is 45.2 Å². The van der Waals surface area contributed by atoms with Crippen LogP contribution in [0, 0.1) is 5.82 Å². The normalized spacial score (nSPS) is 11.5. The van der Waals surface area contributed by atoms with E-state index in [1.807, 2.05) is 0 Å². The van der Waals surface area contributed by atoms with Crippen LogP contribution in [0.1, 0.15) is 54.9 Å². The molecule has 2 nitrogen and oxygen atoms in total. The van der Waals surface area contributed by atoms with Crippen molar-refractivity contribution in [1.29, 1.82) is 0 Å². The van der Waals surface area contributed by atoms with Gasteiger partial charge in [0.15, 0.2) is 0 Å². The molecule has 0 amide bonds. The third kappa shape index (κ3) is 5.73. The van der Waals surface area contributed by atoms with Crippen LogP contribution in [0.3, 0.4) is 0 Å². The molecule has 0 atom stereocenters. The lowest BCUT2D eigenvalue weighted by Crippen LogP contribution is -2.16. The molecule has 0 fully saturated rings. The fourth-order valence-electron chi connectivity index (χ4n) is 1.88. The van der Waals surface area contributed by atoms with Crippen LogP contribution >= 0.6 is 0 Å². The van der Waals surface area contributed by atoms with E-state index in [9.17, 15) is 22.4 Å². The topological polar surface area (TPSA) is 26.3 Å². The van der Waals surface area contributed by atoms with Crippen molar-refractivity contribution in [3.05, 3.63) is 35.1 Å². The highest BCUT2D eigenvalue weighted by Crippen LogP contribution is 2.32. The summed E-state index contributed by atoms with van der Waals surface area (Å²) in [6.45, 7) is 2.10. The molecule has 0 aromatic heterocycles. The summed E-state index contributed by atoms with van der Waals surface area (Å²) in [5.74, 6) is -2.05. The van der Waals surface area contributed by atoms with Crippen LogP contribution in [-0.4, -0.2) is 12.6 Å². The van der Waals surface area contributed by atoms with Crippen molar-refractivity contribution in [3.8, 4) is 0 Å². The molecule has 1 aromatic rings. The van der Waals surface area contributed by atoms with E-state index in [0.717, 1.165) is 25.7 Å². The lowest BCUT2D eigenvalue weighted by molar-refractivity contribution is -0.138. The molecule has 0 aliphatic carbocycles. The number of unbranched alkanes of at least 4 members (excludes halogenated alkanes) is 4. The Hall–Kier alpha value is -1.59. The van der Waals surface area contributed by atoms with Crippen LogP contribution in [0.25, 0.3) is 0 Å². The van der Waals surface area contributed by atoms with E-state index in [0.29, 0.717) is 24.6 Å². The molecule has 21 heavy (non-hydrogen) atoms. The zero-order valence-corrected chi connectivity index (χ0v) is 11.8. The molecule has 0 unspecified atom stereocenters. The van der Waals surface area contributed by atoms with E-state index in [1.165, 1.54) is 0 Å². The summed E-state index contributed by atoms with van der Waals surface area (Å²) < 4.78 is 56.1. The van der Waals surface area contributed by atoms with Crippen LogP contribution in [0.15, 0.2) is 18.2 Å². The Balaban J connectivity index is 2.63. The molecule has 0 heterocycles. The van der Waals surface area contributed by atoms with Crippen molar-refractivity contribution >= 4 is 5.97 Å². The second-order valence-corrected chi connectivity index (χ2v) is 4.74. The molecule has 118 valence electrons. The van der Waals surface area contributed by atoms with Crippen molar-refractivity contribution in [2.24, 2.45) is 0 Å². The standard InChI is InChI=1S/C15H18F4O2/c1-2-3-4-5-6-9-21-14(20)12-10-11(16)7-8-13(12)15(17,18)19/h7-8,10H,2-6,9H2,1H3. The third-order valence-corrected chi connectivity index (χ3v) is 2.99. The first-order valence-corrected chi connectivity index (χ1v) is 6.90. The first-order valence-electron chi connectivity index (χ1n) is 6.90. The Morgan fingerprint density at radius 2 is 1.81 bits per heavy atom. The first kappa shape index (κ1) is 17.5. The summed E-state index contributed by atoms with van der Waals surface area (Å²) in [4.78, 5) is 11.7. The maximum Gasteiger partial charge on any atom is 0.417 e. The number of carbonyl (C=O) groups excluding carboxylic acids is 1. The average Bonchev–Trinajstić information content (AvgIpc) is 2.41. The first-order chi connectivity index (χ1) is 9.86. The molecule has 1 aromatic carbocycles. The number of hydrogen-bond donors (Lipinski definition) is 0. The van der Waals surface area contributed by atoms with E-state index in [1.54, 1.807) is 0 Å². The fourth-order valence-corrected chi connectivity index (χ4v) is 1.88. The summed E-state index contributed by atoms with van der Waals surface area (Å²) in [6, 6.07) is 1.78. The maximum absolute atomic E-state index is 13.0. The van der Waals surface area contributed by atoms with Crippen LogP contribution in [0.2, 0.25) is 0 Å². The highest BCUT2D eigenvalue weighted by Gasteiger charge is 2.35. The van der Waals surface area contributed by atoms with Gasteiger partial charge in [-0.3, -0.25) is 0 Å². The Labute approximate surface area is 121 Å². The van der Waals surface area contributed by atoms with Crippen LogP contribution in [-0.2, 0) is 10.9 Å². The zero-order valence-electron chi connectivity index (χ0n) is 11.8. The molecule has 0 aliphatic rings. The van der Waals surface area contributed by atoms with E-state index < -0.39 is 29.1 Å². The second-order valence-electron chi connectivity index (χ2n) is 4.74. The highest BCUT2D eigenvalue weighted by molar-refractivity contribution is 5.91. The van der Waals surface area contributed by atoms with Gasteiger partial charge >= 0.3 is 12.1 Å². The number of rotatable bonds is 7. The fraction of sp³-hybridized carbons (Fsp3) is 0.533. The van der Waals surface area contributed by atoms with Gasteiger partial charge in [0.1, 0.15) is 5.82 Å². The molecule has 0 radical (unpaired) electrons. The van der Waals surface area contributed by atoms with Gasteiger partial charge in [-0.15, -0.1) is 0 Å². The summed E-state index contributed by atoms with van der Waals surface area (Å²) >= 11 is 0. The maximum atomic E-state index is 13.0. The Morgan fingerprint density at radius 1 is 1.14 bits per heavy atom. The van der Waals surface area contributed by atoms with Crippen molar-refractivity contribution in [2.75, 3.05) is 6.61 Å². The quantitative estimate of drug-likeness (QED) is 0.404. The number of alkyl halides is 3. The summed E-state index contributed by atoms with van der Waals surface area (Å²) in [5.41, 5.74) is -1.96. The van der Waals surface area contributed by atoms with Gasteiger partial charge in [0.2, 0.25) is 0 Å². The molecule has 1 rings (SSSR count). The average molecular weight is 306 g/mol. The van der Waals surface area contributed by atoms with Crippen LogP contribution < -0.4 is 0 Å². The molecule has 0 spiro atoms. The van der Waals surface area contributed by atoms with Gasteiger partial charge in [0.05, 0.1) is 17.7 Å². The second kappa shape index (κ2) is 8.00. The molecule has 6 heteroatoms. The Kier molecular flexibility index (Phi) is 6.65. The number of hydrogen-bond acceptors (Lipinski definition) is 2. The largest absolute Gasteiger partial charge is 0.462 e. The van der Waals surface area contributed by atoms with Gasteiger partial charge in [0.25, 0.3) is 0 Å². The van der Waals surface area contributed by atoms with Gasteiger partial charge in [0, 0.05) is 0 Å². The highest BCUT2D eigenvalue weighted by atomic mass is 19.4. The minimum atomic E-state index is -4.72. The van der Waals surface area contributed by atoms with Crippen LogP contribution in [0.5, 0.6) is 0 Å². The predicted octanol–water partition coefficient (Wildman–Crippen LogP) is 4.97. The molecular weight excluding hydrogens is 288 g/mol. The molecule has 0 aliphatic heterocycles. The number of esters is 1. The lowest BCUT2D eigenvalue weighted by atomic mass is 10.1. The molecule has 0 saturated heterocycles. The van der Waals surface area contributed by atoms with Gasteiger partial charge in [-0.25, -0.2) is 9.18 Å². The number of carbonyl (C=O) groups is 1. The smallest absolute Gasteiger partial charge is 0.417 e. The van der Waals surface area contributed by atoms with E-state index in [2.05, 4.69) is 6.92 Å². The number of benzene rings is 1. The molecule has 0 saturated carbocycles. The minimum absolute atomic E-state index is 0.0381. The van der Waals surface area contributed by atoms with Gasteiger partial charge in [-0.05, 0) is 24.6 Å². The molecule has 0 N–H and O–H groups in total. The van der Waals surface area contributed by atoms with E-state index >= 15 is 0 Å². The zero-order chi connectivity index (χ0) is 15.9. The van der Waals surface area contributed by atoms with Crippen molar-refractivity contribution < 1.29 is 27.1 Å². The van der Waals surface area contributed by atoms with Crippen LogP contribution in [0.4, 0.5) is 17.6 Å². The summed E-state index contributed by atoms with van der Waals surface area (Å²) in [6.07, 6.45) is -0.169. The SMILES string of the molecule is CCCCCCCOC(=O)c1cc(F)ccc1C(F)(F)F. The van der Waals surface area contributed by atoms with Gasteiger partial charge < -0.3 is 4.74 Å². The van der Waals surface area contributed by atoms with Crippen molar-refractivity contribution in [1.82, 2.24) is 0 Å². The van der Waals surface area contributed by atoms with E-state index in [4.69, 9.17) is 4.74 Å². The summed E-state index contributed by atoms with van der Waals surface area (Å²) in [5, 5.41) is 0. The monoisotopic (exact) mass is 306 g/mol. The third-order valence-electron chi connectivity index (χ3n) is 2.99. The minimum Gasteiger partial charge on any atom is -0.462 e.